The first-order valence-electron chi connectivity index (χ1n) is 8.51. The van der Waals surface area contributed by atoms with Gasteiger partial charge in [0.05, 0.1) is 18.7 Å². The molecule has 0 saturated carbocycles. The SMILES string of the molecule is COc1cc(F)c(-c2cc3c(cc2-c2cccc(C#N)c2)CNC3=O)cc1F. The first kappa shape index (κ1) is 17.7. The standard InChI is InChI=1S/C22H14F2N2O2/c1-28-21-9-19(23)18(8-20(21)24)17-7-16-14(11-26-22(16)27)6-15(17)13-4-2-3-12(5-13)10-25/h2-9H,11H2,1H3,(H,26,27). The summed E-state index contributed by atoms with van der Waals surface area (Å²) in [5.74, 6) is -1.84. The van der Waals surface area contributed by atoms with Crippen molar-refractivity contribution in [1.29, 1.82) is 5.26 Å². The van der Waals surface area contributed by atoms with E-state index in [1.54, 1.807) is 36.4 Å². The van der Waals surface area contributed by atoms with Crippen molar-refractivity contribution in [1.82, 2.24) is 5.32 Å². The van der Waals surface area contributed by atoms with Crippen molar-refractivity contribution in [3.8, 4) is 34.1 Å². The van der Waals surface area contributed by atoms with Crippen LogP contribution in [-0.2, 0) is 6.54 Å². The minimum atomic E-state index is -0.708. The number of hydrogen-bond donors (Lipinski definition) is 1. The maximum atomic E-state index is 14.8. The smallest absolute Gasteiger partial charge is 0.251 e. The van der Waals surface area contributed by atoms with Crippen LogP contribution in [0, 0.1) is 23.0 Å². The summed E-state index contributed by atoms with van der Waals surface area (Å²) in [6.07, 6.45) is 0. The van der Waals surface area contributed by atoms with Crippen molar-refractivity contribution in [3.63, 3.8) is 0 Å². The summed E-state index contributed by atoms with van der Waals surface area (Å²) >= 11 is 0. The number of carbonyl (C=O) groups is 1. The maximum Gasteiger partial charge on any atom is 0.251 e. The van der Waals surface area contributed by atoms with Gasteiger partial charge in [0, 0.05) is 23.7 Å². The molecule has 0 spiro atoms. The number of fused-ring (bicyclic) bond motifs is 1. The van der Waals surface area contributed by atoms with Gasteiger partial charge in [0.15, 0.2) is 11.6 Å². The maximum absolute atomic E-state index is 14.8. The highest BCUT2D eigenvalue weighted by molar-refractivity contribution is 6.01. The molecule has 0 bridgehead atoms. The topological polar surface area (TPSA) is 62.1 Å². The molecule has 6 heteroatoms. The van der Waals surface area contributed by atoms with E-state index >= 15 is 0 Å². The van der Waals surface area contributed by atoms with Gasteiger partial charge in [0.1, 0.15) is 5.82 Å². The van der Waals surface area contributed by atoms with Gasteiger partial charge in [0.25, 0.3) is 5.91 Å². The first-order chi connectivity index (χ1) is 13.5. The molecule has 3 aromatic carbocycles. The third kappa shape index (κ3) is 2.87. The fourth-order valence-electron chi connectivity index (χ4n) is 3.38. The summed E-state index contributed by atoms with van der Waals surface area (Å²) in [4.78, 5) is 12.1. The fraction of sp³-hybridized carbons (Fsp3) is 0.0909. The Morgan fingerprint density at radius 3 is 2.57 bits per heavy atom. The number of nitrogens with one attached hydrogen (secondary N) is 1. The Labute approximate surface area is 160 Å². The molecule has 138 valence electrons. The van der Waals surface area contributed by atoms with E-state index in [0.717, 1.165) is 17.7 Å². The Hall–Kier alpha value is -3.72. The number of nitriles is 1. The van der Waals surface area contributed by atoms with Gasteiger partial charge in [0.2, 0.25) is 0 Å². The van der Waals surface area contributed by atoms with Crippen LogP contribution in [0.3, 0.4) is 0 Å². The second-order valence-electron chi connectivity index (χ2n) is 6.40. The molecular formula is C22H14F2N2O2. The minimum absolute atomic E-state index is 0.0122. The normalized spacial score (nSPS) is 12.3. The molecule has 0 fully saturated rings. The van der Waals surface area contributed by atoms with Crippen LogP contribution in [0.2, 0.25) is 0 Å². The van der Waals surface area contributed by atoms with Gasteiger partial charge < -0.3 is 10.1 Å². The lowest BCUT2D eigenvalue weighted by molar-refractivity contribution is 0.0966. The Kier molecular flexibility index (Phi) is 4.28. The van der Waals surface area contributed by atoms with Crippen LogP contribution in [0.4, 0.5) is 8.78 Å². The quantitative estimate of drug-likeness (QED) is 0.736. The van der Waals surface area contributed by atoms with E-state index in [9.17, 15) is 18.8 Å². The van der Waals surface area contributed by atoms with Crippen LogP contribution in [0.1, 0.15) is 21.5 Å². The summed E-state index contributed by atoms with van der Waals surface area (Å²) in [7, 11) is 1.26. The molecule has 3 aromatic rings. The van der Waals surface area contributed by atoms with Crippen LogP contribution in [-0.4, -0.2) is 13.0 Å². The molecule has 0 aromatic heterocycles. The number of carbonyl (C=O) groups excluding carboxylic acids is 1. The lowest BCUT2D eigenvalue weighted by Gasteiger charge is -2.15. The third-order valence-electron chi connectivity index (χ3n) is 4.76. The Bertz CT molecular complexity index is 1170. The molecule has 28 heavy (non-hydrogen) atoms. The molecule has 0 saturated heterocycles. The summed E-state index contributed by atoms with van der Waals surface area (Å²) in [6, 6.07) is 14.3. The molecule has 0 radical (unpaired) electrons. The van der Waals surface area contributed by atoms with E-state index in [1.807, 2.05) is 0 Å². The zero-order valence-electron chi connectivity index (χ0n) is 14.8. The van der Waals surface area contributed by atoms with Gasteiger partial charge in [-0.3, -0.25) is 4.79 Å². The lowest BCUT2D eigenvalue weighted by atomic mass is 9.90. The fourth-order valence-corrected chi connectivity index (χ4v) is 3.38. The average Bonchev–Trinajstić information content (AvgIpc) is 3.08. The highest BCUT2D eigenvalue weighted by Crippen LogP contribution is 2.39. The molecule has 1 N–H and O–H groups in total. The van der Waals surface area contributed by atoms with E-state index in [2.05, 4.69) is 11.4 Å². The number of nitrogens with zero attached hydrogens (tertiary/aromatic N) is 1. The molecule has 1 heterocycles. The van der Waals surface area contributed by atoms with Gasteiger partial charge in [-0.2, -0.15) is 5.26 Å². The third-order valence-corrected chi connectivity index (χ3v) is 4.76. The van der Waals surface area contributed by atoms with E-state index in [1.165, 1.54) is 7.11 Å². The summed E-state index contributed by atoms with van der Waals surface area (Å²) in [5.41, 5.74) is 3.29. The largest absolute Gasteiger partial charge is 0.494 e. The first-order valence-corrected chi connectivity index (χ1v) is 8.51. The molecule has 0 atom stereocenters. The molecule has 0 aliphatic carbocycles. The minimum Gasteiger partial charge on any atom is -0.494 e. The molecule has 4 nitrogen and oxygen atoms in total. The van der Waals surface area contributed by atoms with Crippen molar-refractivity contribution in [3.05, 3.63) is 76.9 Å². The van der Waals surface area contributed by atoms with Crippen LogP contribution in [0.15, 0.2) is 48.5 Å². The Morgan fingerprint density at radius 1 is 1.00 bits per heavy atom. The molecule has 1 amide bonds. The van der Waals surface area contributed by atoms with Gasteiger partial charge >= 0.3 is 0 Å². The number of amides is 1. The van der Waals surface area contributed by atoms with Crippen molar-refractivity contribution >= 4 is 5.91 Å². The van der Waals surface area contributed by atoms with E-state index in [-0.39, 0.29) is 17.2 Å². The zero-order chi connectivity index (χ0) is 19.8. The van der Waals surface area contributed by atoms with E-state index in [4.69, 9.17) is 4.74 Å². The monoisotopic (exact) mass is 376 g/mol. The van der Waals surface area contributed by atoms with E-state index in [0.29, 0.717) is 34.4 Å². The molecule has 1 aliphatic rings. The van der Waals surface area contributed by atoms with Crippen LogP contribution < -0.4 is 10.1 Å². The predicted octanol–water partition coefficient (Wildman–Crippen LogP) is 4.42. The molecule has 4 rings (SSSR count). The zero-order valence-corrected chi connectivity index (χ0v) is 14.8. The van der Waals surface area contributed by atoms with Gasteiger partial charge in [-0.25, -0.2) is 8.78 Å². The summed E-state index contributed by atoms with van der Waals surface area (Å²) < 4.78 is 33.9. The average molecular weight is 376 g/mol. The highest BCUT2D eigenvalue weighted by atomic mass is 19.1. The number of ether oxygens (including phenoxy) is 1. The van der Waals surface area contributed by atoms with Crippen molar-refractivity contribution < 1.29 is 18.3 Å². The summed E-state index contributed by atoms with van der Waals surface area (Å²) in [5, 5.41) is 11.9. The molecular weight excluding hydrogens is 362 g/mol. The van der Waals surface area contributed by atoms with Crippen LogP contribution in [0.25, 0.3) is 22.3 Å². The highest BCUT2D eigenvalue weighted by Gasteiger charge is 2.24. The number of benzene rings is 3. The van der Waals surface area contributed by atoms with Crippen molar-refractivity contribution in [2.45, 2.75) is 6.54 Å². The van der Waals surface area contributed by atoms with Gasteiger partial charge in [-0.05, 0) is 52.6 Å². The lowest BCUT2D eigenvalue weighted by Crippen LogP contribution is -2.12. The number of halogens is 2. The molecule has 1 aliphatic heterocycles. The second kappa shape index (κ2) is 6.78. The van der Waals surface area contributed by atoms with Crippen LogP contribution >= 0.6 is 0 Å². The second-order valence-corrected chi connectivity index (χ2v) is 6.40. The predicted molar refractivity (Wildman–Crippen MR) is 99.7 cm³/mol. The van der Waals surface area contributed by atoms with Gasteiger partial charge in [-0.1, -0.05) is 12.1 Å². The number of methoxy groups -OCH3 is 1. The van der Waals surface area contributed by atoms with E-state index < -0.39 is 11.6 Å². The molecule has 0 unspecified atom stereocenters. The van der Waals surface area contributed by atoms with Crippen LogP contribution in [0.5, 0.6) is 5.75 Å². The summed E-state index contributed by atoms with van der Waals surface area (Å²) in [6.45, 7) is 0.360. The Balaban J connectivity index is 2.01. The van der Waals surface area contributed by atoms with Crippen molar-refractivity contribution in [2.75, 3.05) is 7.11 Å². The Morgan fingerprint density at radius 2 is 1.82 bits per heavy atom. The number of hydrogen-bond acceptors (Lipinski definition) is 3. The van der Waals surface area contributed by atoms with Gasteiger partial charge in [-0.15, -0.1) is 0 Å². The number of rotatable bonds is 3. The van der Waals surface area contributed by atoms with Crippen molar-refractivity contribution in [2.24, 2.45) is 0 Å².